The molecule has 8 nitrogen and oxygen atoms in total. The van der Waals surface area contributed by atoms with E-state index in [0.29, 0.717) is 11.7 Å². The fraction of sp³-hybridized carbons (Fsp3) is 0.368. The fourth-order valence-electron chi connectivity index (χ4n) is 3.35. The van der Waals surface area contributed by atoms with Gasteiger partial charge in [0.25, 0.3) is 5.91 Å². The maximum atomic E-state index is 12.6. The first-order chi connectivity index (χ1) is 13.2. The summed E-state index contributed by atoms with van der Waals surface area (Å²) in [5, 5.41) is 14.6. The van der Waals surface area contributed by atoms with E-state index in [2.05, 4.69) is 25.9 Å². The summed E-state index contributed by atoms with van der Waals surface area (Å²) in [6, 6.07) is 8.18. The lowest BCUT2D eigenvalue weighted by atomic mass is 10.1. The van der Waals surface area contributed by atoms with Crippen LogP contribution in [0.15, 0.2) is 49.2 Å². The number of hydrogen-bond donors (Lipinski definition) is 2. The molecule has 1 saturated heterocycles. The molecule has 3 heterocycles. The number of piperidine rings is 1. The number of carbonyl (C=O) groups is 1. The summed E-state index contributed by atoms with van der Waals surface area (Å²) in [6.45, 7) is 3.90. The third kappa shape index (κ3) is 5.35. The van der Waals surface area contributed by atoms with Crippen molar-refractivity contribution in [2.75, 3.05) is 13.1 Å². The average Bonchev–Trinajstić information content (AvgIpc) is 3.41. The first kappa shape index (κ1) is 22.9. The van der Waals surface area contributed by atoms with Gasteiger partial charge in [0.2, 0.25) is 0 Å². The van der Waals surface area contributed by atoms with E-state index in [0.717, 1.165) is 37.2 Å². The number of halogens is 2. The largest absolute Gasteiger partial charge is 0.344 e. The van der Waals surface area contributed by atoms with E-state index in [9.17, 15) is 4.79 Å². The van der Waals surface area contributed by atoms with Crippen LogP contribution in [0.5, 0.6) is 0 Å². The summed E-state index contributed by atoms with van der Waals surface area (Å²) in [6.07, 6.45) is 9.14. The van der Waals surface area contributed by atoms with E-state index in [1.165, 1.54) is 0 Å². The van der Waals surface area contributed by atoms with E-state index in [1.807, 2.05) is 46.6 Å². The molecule has 0 bridgehead atoms. The Labute approximate surface area is 181 Å². The van der Waals surface area contributed by atoms with E-state index in [1.54, 1.807) is 18.7 Å². The minimum Gasteiger partial charge on any atom is -0.344 e. The SMILES string of the molecule is CC(NC(=O)c1cn(C2CCNCC2)nn1)c1cccc(-n2ccnc2)c1.Cl.Cl. The number of imidazole rings is 1. The molecule has 0 spiro atoms. The summed E-state index contributed by atoms with van der Waals surface area (Å²) in [5.74, 6) is -0.212. The molecule has 29 heavy (non-hydrogen) atoms. The van der Waals surface area contributed by atoms with Gasteiger partial charge in [0.1, 0.15) is 0 Å². The molecule has 1 aromatic carbocycles. The van der Waals surface area contributed by atoms with Crippen molar-refractivity contribution in [1.82, 2.24) is 35.2 Å². The number of hydrogen-bond acceptors (Lipinski definition) is 5. The van der Waals surface area contributed by atoms with Crippen LogP contribution < -0.4 is 10.6 Å². The van der Waals surface area contributed by atoms with Gasteiger partial charge in [-0.05, 0) is 50.6 Å². The zero-order valence-corrected chi connectivity index (χ0v) is 17.7. The third-order valence-corrected chi connectivity index (χ3v) is 4.95. The van der Waals surface area contributed by atoms with Gasteiger partial charge in [0.15, 0.2) is 5.69 Å². The van der Waals surface area contributed by atoms with Gasteiger partial charge in [-0.3, -0.25) is 4.79 Å². The maximum Gasteiger partial charge on any atom is 0.273 e. The van der Waals surface area contributed by atoms with Crippen LogP contribution >= 0.6 is 24.8 Å². The Hall–Kier alpha value is -2.42. The van der Waals surface area contributed by atoms with Gasteiger partial charge in [0.05, 0.1) is 24.6 Å². The van der Waals surface area contributed by atoms with Crippen LogP contribution in [0, 0.1) is 0 Å². The van der Waals surface area contributed by atoms with Gasteiger partial charge < -0.3 is 15.2 Å². The minimum atomic E-state index is -0.212. The Balaban J connectivity index is 0.00000150. The van der Waals surface area contributed by atoms with Crippen LogP contribution in [-0.4, -0.2) is 43.5 Å². The van der Waals surface area contributed by atoms with Gasteiger partial charge in [-0.15, -0.1) is 29.9 Å². The fourth-order valence-corrected chi connectivity index (χ4v) is 3.35. The van der Waals surface area contributed by atoms with Gasteiger partial charge in [0, 0.05) is 18.1 Å². The molecule has 4 rings (SSSR count). The second-order valence-corrected chi connectivity index (χ2v) is 6.83. The lowest BCUT2D eigenvalue weighted by molar-refractivity contribution is 0.0934. The molecule has 2 N–H and O–H groups in total. The highest BCUT2D eigenvalue weighted by Crippen LogP contribution is 2.19. The van der Waals surface area contributed by atoms with Gasteiger partial charge in [-0.2, -0.15) is 0 Å². The number of rotatable bonds is 5. The van der Waals surface area contributed by atoms with Crippen LogP contribution in [0.25, 0.3) is 5.69 Å². The molecule has 2 aromatic heterocycles. The number of amides is 1. The molecule has 10 heteroatoms. The van der Waals surface area contributed by atoms with Crippen molar-refractivity contribution in [3.8, 4) is 5.69 Å². The van der Waals surface area contributed by atoms with Crippen LogP contribution in [0.4, 0.5) is 0 Å². The molecule has 156 valence electrons. The molecule has 1 amide bonds. The topological polar surface area (TPSA) is 89.7 Å². The lowest BCUT2D eigenvalue weighted by Crippen LogP contribution is -2.29. The highest BCUT2D eigenvalue weighted by Gasteiger charge is 2.20. The first-order valence-electron chi connectivity index (χ1n) is 9.22. The van der Waals surface area contributed by atoms with E-state index < -0.39 is 0 Å². The van der Waals surface area contributed by atoms with Gasteiger partial charge in [-0.25, -0.2) is 9.67 Å². The Morgan fingerprint density at radius 2 is 2.07 bits per heavy atom. The van der Waals surface area contributed by atoms with Crippen LogP contribution in [0.1, 0.15) is 47.9 Å². The van der Waals surface area contributed by atoms with Crippen LogP contribution in [0.3, 0.4) is 0 Å². The smallest absolute Gasteiger partial charge is 0.273 e. The van der Waals surface area contributed by atoms with Crippen molar-refractivity contribution >= 4 is 30.7 Å². The zero-order valence-electron chi connectivity index (χ0n) is 16.1. The summed E-state index contributed by atoms with van der Waals surface area (Å²) < 4.78 is 3.75. The molecule has 1 unspecified atom stereocenters. The van der Waals surface area contributed by atoms with E-state index in [4.69, 9.17) is 0 Å². The van der Waals surface area contributed by atoms with Crippen molar-refractivity contribution < 1.29 is 4.79 Å². The minimum absolute atomic E-state index is 0. The average molecular weight is 438 g/mol. The predicted octanol–water partition coefficient (Wildman–Crippen LogP) is 2.72. The highest BCUT2D eigenvalue weighted by molar-refractivity contribution is 5.92. The number of benzene rings is 1. The van der Waals surface area contributed by atoms with Gasteiger partial charge in [-0.1, -0.05) is 17.3 Å². The van der Waals surface area contributed by atoms with Crippen molar-refractivity contribution in [3.05, 3.63) is 60.4 Å². The summed E-state index contributed by atoms with van der Waals surface area (Å²) in [7, 11) is 0. The number of nitrogens with one attached hydrogen (secondary N) is 2. The number of carbonyl (C=O) groups excluding carboxylic acids is 1. The number of aromatic nitrogens is 5. The Kier molecular flexibility index (Phi) is 8.19. The quantitative estimate of drug-likeness (QED) is 0.640. The zero-order chi connectivity index (χ0) is 18.6. The highest BCUT2D eigenvalue weighted by atomic mass is 35.5. The monoisotopic (exact) mass is 437 g/mol. The van der Waals surface area contributed by atoms with Crippen molar-refractivity contribution in [1.29, 1.82) is 0 Å². The Morgan fingerprint density at radius 3 is 2.79 bits per heavy atom. The second kappa shape index (κ2) is 10.4. The van der Waals surface area contributed by atoms with Crippen LogP contribution in [0.2, 0.25) is 0 Å². The normalized spacial score (nSPS) is 15.1. The van der Waals surface area contributed by atoms with E-state index in [-0.39, 0.29) is 36.8 Å². The van der Waals surface area contributed by atoms with Crippen molar-refractivity contribution in [3.63, 3.8) is 0 Å². The third-order valence-electron chi connectivity index (χ3n) is 4.95. The standard InChI is InChI=1S/C19H23N7O.2ClH/c1-14(15-3-2-4-17(11-15)25-10-9-21-13-25)22-19(27)18-12-26(24-23-18)16-5-7-20-8-6-16;;/h2-4,9-14,16,20H,5-8H2,1H3,(H,22,27);2*1H. The lowest BCUT2D eigenvalue weighted by Gasteiger charge is -2.22. The molecule has 0 aliphatic carbocycles. The summed E-state index contributed by atoms with van der Waals surface area (Å²) >= 11 is 0. The van der Waals surface area contributed by atoms with Crippen LogP contribution in [-0.2, 0) is 0 Å². The molecular formula is C19H25Cl2N7O. The molecule has 0 saturated carbocycles. The number of nitrogens with zero attached hydrogens (tertiary/aromatic N) is 5. The molecular weight excluding hydrogens is 413 g/mol. The molecule has 1 aliphatic heterocycles. The Bertz CT molecular complexity index is 907. The van der Waals surface area contributed by atoms with Gasteiger partial charge >= 0.3 is 0 Å². The van der Waals surface area contributed by atoms with Crippen molar-refractivity contribution in [2.45, 2.75) is 31.8 Å². The Morgan fingerprint density at radius 1 is 1.28 bits per heavy atom. The maximum absolute atomic E-state index is 12.6. The summed E-state index contributed by atoms with van der Waals surface area (Å²) in [5.41, 5.74) is 2.37. The molecule has 1 aliphatic rings. The second-order valence-electron chi connectivity index (χ2n) is 6.83. The first-order valence-corrected chi connectivity index (χ1v) is 9.22. The summed E-state index contributed by atoms with van der Waals surface area (Å²) in [4.78, 5) is 16.7. The van der Waals surface area contributed by atoms with E-state index >= 15 is 0 Å². The predicted molar refractivity (Wildman–Crippen MR) is 115 cm³/mol. The molecule has 1 fully saturated rings. The molecule has 0 radical (unpaired) electrons. The molecule has 1 atom stereocenters. The molecule has 3 aromatic rings. The van der Waals surface area contributed by atoms with Crippen molar-refractivity contribution in [2.24, 2.45) is 0 Å².